The number of nitrogens with zero attached hydrogens (tertiary/aromatic N) is 3. The summed E-state index contributed by atoms with van der Waals surface area (Å²) in [6.45, 7) is 6.13. The molecule has 3 aromatic rings. The molecule has 0 aliphatic carbocycles. The summed E-state index contributed by atoms with van der Waals surface area (Å²) >= 11 is 6.29. The monoisotopic (exact) mass is 381 g/mol. The predicted molar refractivity (Wildman–Crippen MR) is 110 cm³/mol. The highest BCUT2D eigenvalue weighted by Crippen LogP contribution is 2.22. The zero-order chi connectivity index (χ0) is 19.2. The summed E-state index contributed by atoms with van der Waals surface area (Å²) in [6.07, 6.45) is 4.72. The number of benzene rings is 2. The summed E-state index contributed by atoms with van der Waals surface area (Å²) < 4.78 is 1.88. The predicted octanol–water partition coefficient (Wildman–Crippen LogP) is 5.28. The van der Waals surface area contributed by atoms with Crippen LogP contribution in [0.2, 0.25) is 5.02 Å². The molecular formula is C22H24ClN3O. The minimum Gasteiger partial charge on any atom is -0.334 e. The first kappa shape index (κ1) is 19.2. The van der Waals surface area contributed by atoms with Crippen molar-refractivity contribution in [2.45, 2.75) is 33.4 Å². The zero-order valence-corrected chi connectivity index (χ0v) is 16.5. The van der Waals surface area contributed by atoms with Crippen molar-refractivity contribution in [3.8, 4) is 11.1 Å². The van der Waals surface area contributed by atoms with Gasteiger partial charge in [-0.1, -0.05) is 48.9 Å². The zero-order valence-electron chi connectivity index (χ0n) is 15.7. The Balaban J connectivity index is 1.85. The van der Waals surface area contributed by atoms with E-state index in [2.05, 4.69) is 12.0 Å². The molecule has 0 saturated carbocycles. The third-order valence-corrected chi connectivity index (χ3v) is 4.87. The van der Waals surface area contributed by atoms with Crippen LogP contribution in [0.1, 0.15) is 36.2 Å². The van der Waals surface area contributed by atoms with E-state index in [9.17, 15) is 4.79 Å². The van der Waals surface area contributed by atoms with Gasteiger partial charge < -0.3 is 4.90 Å². The number of rotatable bonds is 7. The molecule has 0 aliphatic heterocycles. The molecule has 3 rings (SSSR count). The standard InChI is InChI=1S/C22H24ClN3O/c1-3-12-25(15-19-8-5-6-11-21(19)23)22(27)18-10-7-9-17(13-18)20-14-24-26(4-2)16-20/h5-11,13-14,16H,3-4,12,15H2,1-2H3. The SMILES string of the molecule is CCCN(Cc1ccccc1Cl)C(=O)c1cccc(-c2cnn(CC)c2)c1. The molecule has 0 bridgehead atoms. The van der Waals surface area contributed by atoms with Crippen LogP contribution in [0.4, 0.5) is 0 Å². The highest BCUT2D eigenvalue weighted by Gasteiger charge is 2.17. The fraction of sp³-hybridized carbons (Fsp3) is 0.273. The quantitative estimate of drug-likeness (QED) is 0.558. The van der Waals surface area contributed by atoms with E-state index in [1.807, 2.05) is 77.4 Å². The minimum atomic E-state index is 0.0153. The van der Waals surface area contributed by atoms with Crippen LogP contribution < -0.4 is 0 Å². The highest BCUT2D eigenvalue weighted by atomic mass is 35.5. The molecule has 27 heavy (non-hydrogen) atoms. The molecule has 0 radical (unpaired) electrons. The van der Waals surface area contributed by atoms with Crippen molar-refractivity contribution in [3.05, 3.63) is 77.1 Å². The Morgan fingerprint density at radius 1 is 1.11 bits per heavy atom. The molecule has 0 fully saturated rings. The minimum absolute atomic E-state index is 0.0153. The Morgan fingerprint density at radius 2 is 1.93 bits per heavy atom. The maximum atomic E-state index is 13.2. The Kier molecular flexibility index (Phi) is 6.30. The van der Waals surface area contributed by atoms with E-state index in [0.717, 1.165) is 29.7 Å². The fourth-order valence-electron chi connectivity index (χ4n) is 3.05. The topological polar surface area (TPSA) is 38.1 Å². The largest absolute Gasteiger partial charge is 0.334 e. The van der Waals surface area contributed by atoms with Gasteiger partial charge in [0.2, 0.25) is 0 Å². The van der Waals surface area contributed by atoms with Gasteiger partial charge in [-0.2, -0.15) is 5.10 Å². The third-order valence-electron chi connectivity index (χ3n) is 4.50. The van der Waals surface area contributed by atoms with Crippen LogP contribution in [0, 0.1) is 0 Å². The number of halogens is 1. The first-order valence-corrected chi connectivity index (χ1v) is 9.65. The summed E-state index contributed by atoms with van der Waals surface area (Å²) in [4.78, 5) is 15.0. The van der Waals surface area contributed by atoms with Crippen LogP contribution in [0.15, 0.2) is 60.9 Å². The van der Waals surface area contributed by atoms with E-state index in [-0.39, 0.29) is 5.91 Å². The van der Waals surface area contributed by atoms with E-state index >= 15 is 0 Å². The summed E-state index contributed by atoms with van der Waals surface area (Å²) in [5.74, 6) is 0.0153. The van der Waals surface area contributed by atoms with Crippen molar-refractivity contribution in [1.29, 1.82) is 0 Å². The molecular weight excluding hydrogens is 358 g/mol. The smallest absolute Gasteiger partial charge is 0.254 e. The second kappa shape index (κ2) is 8.87. The molecule has 0 aliphatic rings. The second-order valence-corrected chi connectivity index (χ2v) is 6.89. The normalized spacial score (nSPS) is 10.8. The van der Waals surface area contributed by atoms with Gasteiger partial charge in [0.15, 0.2) is 0 Å². The van der Waals surface area contributed by atoms with Gasteiger partial charge in [-0.3, -0.25) is 9.48 Å². The van der Waals surface area contributed by atoms with Crippen molar-refractivity contribution in [2.75, 3.05) is 6.54 Å². The van der Waals surface area contributed by atoms with Crippen LogP contribution in [0.5, 0.6) is 0 Å². The molecule has 140 valence electrons. The van der Waals surface area contributed by atoms with Crippen molar-refractivity contribution >= 4 is 17.5 Å². The lowest BCUT2D eigenvalue weighted by atomic mass is 10.0. The van der Waals surface area contributed by atoms with Gasteiger partial charge in [-0.05, 0) is 42.7 Å². The maximum Gasteiger partial charge on any atom is 0.254 e. The van der Waals surface area contributed by atoms with Gasteiger partial charge in [0.05, 0.1) is 6.20 Å². The number of carbonyl (C=O) groups is 1. The van der Waals surface area contributed by atoms with Crippen LogP contribution in [0.25, 0.3) is 11.1 Å². The number of amides is 1. The summed E-state index contributed by atoms with van der Waals surface area (Å²) in [6, 6.07) is 15.4. The lowest BCUT2D eigenvalue weighted by Crippen LogP contribution is -2.31. The van der Waals surface area contributed by atoms with Gasteiger partial charge in [0.25, 0.3) is 5.91 Å². The summed E-state index contributed by atoms with van der Waals surface area (Å²) in [7, 11) is 0. The fourth-order valence-corrected chi connectivity index (χ4v) is 3.25. The molecule has 5 heteroatoms. The molecule has 0 unspecified atom stereocenters. The Bertz CT molecular complexity index is 919. The van der Waals surface area contributed by atoms with E-state index in [0.29, 0.717) is 23.7 Å². The van der Waals surface area contributed by atoms with Crippen molar-refractivity contribution in [3.63, 3.8) is 0 Å². The molecule has 2 aromatic carbocycles. The van der Waals surface area contributed by atoms with Gasteiger partial charge in [0.1, 0.15) is 0 Å². The van der Waals surface area contributed by atoms with Crippen molar-refractivity contribution in [2.24, 2.45) is 0 Å². The van der Waals surface area contributed by atoms with Gasteiger partial charge in [-0.15, -0.1) is 0 Å². The average Bonchev–Trinajstić information content (AvgIpc) is 3.18. The number of hydrogen-bond acceptors (Lipinski definition) is 2. The van der Waals surface area contributed by atoms with Crippen molar-refractivity contribution < 1.29 is 4.79 Å². The number of carbonyl (C=O) groups excluding carboxylic acids is 1. The molecule has 0 saturated heterocycles. The molecule has 1 aromatic heterocycles. The number of hydrogen-bond donors (Lipinski definition) is 0. The van der Waals surface area contributed by atoms with Crippen LogP contribution in [0.3, 0.4) is 0 Å². The van der Waals surface area contributed by atoms with Gasteiger partial charge in [0, 0.05) is 42.0 Å². The van der Waals surface area contributed by atoms with Gasteiger partial charge in [-0.25, -0.2) is 0 Å². The molecule has 4 nitrogen and oxygen atoms in total. The first-order chi connectivity index (χ1) is 13.1. The van der Waals surface area contributed by atoms with E-state index in [1.165, 1.54) is 0 Å². The average molecular weight is 382 g/mol. The maximum absolute atomic E-state index is 13.2. The summed E-state index contributed by atoms with van der Waals surface area (Å²) in [5, 5.41) is 5.01. The van der Waals surface area contributed by atoms with Gasteiger partial charge >= 0.3 is 0 Å². The van der Waals surface area contributed by atoms with Crippen LogP contribution in [-0.2, 0) is 13.1 Å². The Labute approximate surface area is 165 Å². The molecule has 1 heterocycles. The molecule has 0 spiro atoms. The highest BCUT2D eigenvalue weighted by molar-refractivity contribution is 6.31. The Hall–Kier alpha value is -2.59. The van der Waals surface area contributed by atoms with Crippen LogP contribution in [-0.4, -0.2) is 27.1 Å². The van der Waals surface area contributed by atoms with E-state index in [4.69, 9.17) is 11.6 Å². The Morgan fingerprint density at radius 3 is 2.63 bits per heavy atom. The molecule has 1 amide bonds. The third kappa shape index (κ3) is 4.58. The van der Waals surface area contributed by atoms with E-state index in [1.54, 1.807) is 0 Å². The molecule has 0 N–H and O–H groups in total. The lowest BCUT2D eigenvalue weighted by molar-refractivity contribution is 0.0743. The number of aromatic nitrogens is 2. The summed E-state index contributed by atoms with van der Waals surface area (Å²) in [5.41, 5.74) is 3.65. The second-order valence-electron chi connectivity index (χ2n) is 6.48. The lowest BCUT2D eigenvalue weighted by Gasteiger charge is -2.23. The van der Waals surface area contributed by atoms with Crippen LogP contribution >= 0.6 is 11.6 Å². The van der Waals surface area contributed by atoms with E-state index < -0.39 is 0 Å². The number of aryl methyl sites for hydroxylation is 1. The first-order valence-electron chi connectivity index (χ1n) is 9.28. The molecule has 0 atom stereocenters. The van der Waals surface area contributed by atoms with Crippen molar-refractivity contribution in [1.82, 2.24) is 14.7 Å².